The first-order chi connectivity index (χ1) is 4.67. The maximum atomic E-state index is 5.06. The predicted molar refractivity (Wildman–Crippen MR) is 49.5 cm³/mol. The molecule has 0 amide bonds. The van der Waals surface area contributed by atoms with E-state index in [-0.39, 0.29) is 3.23 Å². The molecule has 0 aliphatic heterocycles. The number of alkyl halides is 2. The van der Waals surface area contributed by atoms with Crippen LogP contribution in [0.25, 0.3) is 0 Å². The van der Waals surface area contributed by atoms with Gasteiger partial charge in [0.05, 0.1) is 16.1 Å². The lowest BCUT2D eigenvalue weighted by Crippen LogP contribution is -1.84. The largest absolute Gasteiger partial charge is 0.502 e. The van der Waals surface area contributed by atoms with Gasteiger partial charge in [-0.05, 0) is 19.4 Å². The van der Waals surface area contributed by atoms with Crippen molar-refractivity contribution < 1.29 is 4.74 Å². The molecule has 0 radical (unpaired) electrons. The van der Waals surface area contributed by atoms with E-state index in [2.05, 4.69) is 37.9 Å². The van der Waals surface area contributed by atoms with Crippen LogP contribution in [0.4, 0.5) is 0 Å². The van der Waals surface area contributed by atoms with Gasteiger partial charge in [-0.3, -0.25) is 0 Å². The highest BCUT2D eigenvalue weighted by Crippen LogP contribution is 2.56. The number of ether oxygens (including phenoxy) is 1. The SMILES string of the molecule is CCO/C=C/C1CC1(Br)Br. The maximum absolute atomic E-state index is 5.06. The second-order valence-corrected chi connectivity index (χ2v) is 6.25. The smallest absolute Gasteiger partial charge is 0.0876 e. The van der Waals surface area contributed by atoms with Crippen LogP contribution in [0.2, 0.25) is 0 Å². The van der Waals surface area contributed by atoms with E-state index in [9.17, 15) is 0 Å². The number of hydrogen-bond acceptors (Lipinski definition) is 1. The fraction of sp³-hybridized carbons (Fsp3) is 0.714. The van der Waals surface area contributed by atoms with Gasteiger partial charge in [0.15, 0.2) is 0 Å². The highest BCUT2D eigenvalue weighted by atomic mass is 79.9. The highest BCUT2D eigenvalue weighted by molar-refractivity contribution is 9.25. The molecule has 0 saturated heterocycles. The van der Waals surface area contributed by atoms with E-state index in [4.69, 9.17) is 4.74 Å². The first-order valence-electron chi connectivity index (χ1n) is 3.33. The zero-order chi connectivity index (χ0) is 7.61. The van der Waals surface area contributed by atoms with Crippen LogP contribution in [0.15, 0.2) is 12.3 Å². The molecule has 1 saturated carbocycles. The van der Waals surface area contributed by atoms with Crippen LogP contribution in [0, 0.1) is 5.92 Å². The van der Waals surface area contributed by atoms with Crippen molar-refractivity contribution in [1.82, 2.24) is 0 Å². The third kappa shape index (κ3) is 2.27. The Morgan fingerprint density at radius 1 is 1.70 bits per heavy atom. The number of hydrogen-bond donors (Lipinski definition) is 0. The third-order valence-corrected chi connectivity index (χ3v) is 3.27. The summed E-state index contributed by atoms with van der Waals surface area (Å²) in [7, 11) is 0. The van der Waals surface area contributed by atoms with Gasteiger partial charge >= 0.3 is 0 Å². The predicted octanol–water partition coefficient (Wildman–Crippen LogP) is 3.04. The first-order valence-corrected chi connectivity index (χ1v) is 4.91. The molecule has 1 aliphatic carbocycles. The topological polar surface area (TPSA) is 9.23 Å². The Morgan fingerprint density at radius 3 is 2.70 bits per heavy atom. The van der Waals surface area contributed by atoms with Crippen molar-refractivity contribution in [3.63, 3.8) is 0 Å². The van der Waals surface area contributed by atoms with E-state index < -0.39 is 0 Å². The van der Waals surface area contributed by atoms with Gasteiger partial charge in [-0.25, -0.2) is 0 Å². The van der Waals surface area contributed by atoms with Gasteiger partial charge in [0, 0.05) is 5.92 Å². The monoisotopic (exact) mass is 268 g/mol. The molecular formula is C7H10Br2O. The standard InChI is InChI=1S/C7H10Br2O/c1-2-10-4-3-6-5-7(6,8)9/h3-4,6H,2,5H2,1H3/b4-3+. The first kappa shape index (κ1) is 8.60. The van der Waals surface area contributed by atoms with Gasteiger partial charge in [0.25, 0.3) is 0 Å². The molecule has 1 nitrogen and oxygen atoms in total. The van der Waals surface area contributed by atoms with E-state index >= 15 is 0 Å². The van der Waals surface area contributed by atoms with Crippen molar-refractivity contribution in [2.45, 2.75) is 16.6 Å². The van der Waals surface area contributed by atoms with Crippen molar-refractivity contribution in [1.29, 1.82) is 0 Å². The van der Waals surface area contributed by atoms with E-state index in [0.29, 0.717) is 5.92 Å². The lowest BCUT2D eigenvalue weighted by molar-refractivity contribution is 0.268. The van der Waals surface area contributed by atoms with E-state index in [1.807, 2.05) is 6.92 Å². The summed E-state index contributed by atoms with van der Waals surface area (Å²) in [6.07, 6.45) is 5.00. The molecule has 1 unspecified atom stereocenters. The molecule has 1 aliphatic rings. The second kappa shape index (κ2) is 3.26. The fourth-order valence-corrected chi connectivity index (χ4v) is 1.69. The van der Waals surface area contributed by atoms with Crippen molar-refractivity contribution in [2.75, 3.05) is 6.61 Å². The minimum Gasteiger partial charge on any atom is -0.502 e. The molecule has 0 spiro atoms. The summed E-state index contributed by atoms with van der Waals surface area (Å²) >= 11 is 7.03. The summed E-state index contributed by atoms with van der Waals surface area (Å²) in [4.78, 5) is 0. The summed E-state index contributed by atoms with van der Waals surface area (Å²) in [5.74, 6) is 0.596. The number of halogens is 2. The minimum atomic E-state index is 0.174. The molecular weight excluding hydrogens is 260 g/mol. The zero-order valence-corrected chi connectivity index (χ0v) is 8.98. The Balaban J connectivity index is 2.17. The summed E-state index contributed by atoms with van der Waals surface area (Å²) in [6.45, 7) is 2.73. The fourth-order valence-electron chi connectivity index (χ4n) is 0.690. The lowest BCUT2D eigenvalue weighted by Gasteiger charge is -1.93. The van der Waals surface area contributed by atoms with E-state index in [0.717, 1.165) is 13.0 Å². The summed E-state index contributed by atoms with van der Waals surface area (Å²) < 4.78 is 5.23. The number of rotatable bonds is 3. The Hall–Kier alpha value is 0.500. The Bertz CT molecular complexity index is 143. The zero-order valence-electron chi connectivity index (χ0n) is 5.81. The Labute approximate surface area is 78.1 Å². The van der Waals surface area contributed by atoms with Crippen molar-refractivity contribution in [3.05, 3.63) is 12.3 Å². The van der Waals surface area contributed by atoms with Gasteiger partial charge in [0.1, 0.15) is 0 Å². The molecule has 1 rings (SSSR count). The summed E-state index contributed by atoms with van der Waals surface area (Å²) in [5.41, 5.74) is 0. The van der Waals surface area contributed by atoms with Crippen LogP contribution in [0.1, 0.15) is 13.3 Å². The second-order valence-electron chi connectivity index (χ2n) is 2.36. The molecule has 0 aromatic heterocycles. The average molecular weight is 270 g/mol. The van der Waals surface area contributed by atoms with Crippen molar-refractivity contribution in [3.8, 4) is 0 Å². The quantitative estimate of drug-likeness (QED) is 0.565. The molecule has 1 fully saturated rings. The Kier molecular flexibility index (Phi) is 2.81. The Morgan fingerprint density at radius 2 is 2.30 bits per heavy atom. The molecule has 3 heteroatoms. The van der Waals surface area contributed by atoms with Gasteiger partial charge in [-0.15, -0.1) is 0 Å². The molecule has 0 aromatic carbocycles. The van der Waals surface area contributed by atoms with Crippen molar-refractivity contribution >= 4 is 31.9 Å². The molecule has 0 bridgehead atoms. The highest BCUT2D eigenvalue weighted by Gasteiger charge is 2.48. The van der Waals surface area contributed by atoms with Crippen LogP contribution >= 0.6 is 31.9 Å². The minimum absolute atomic E-state index is 0.174. The molecule has 0 heterocycles. The van der Waals surface area contributed by atoms with Crippen LogP contribution in [0.5, 0.6) is 0 Å². The lowest BCUT2D eigenvalue weighted by atomic mass is 10.4. The molecule has 0 aromatic rings. The molecule has 1 atom stereocenters. The number of allylic oxidation sites excluding steroid dienone is 1. The van der Waals surface area contributed by atoms with Gasteiger partial charge in [-0.1, -0.05) is 31.9 Å². The third-order valence-electron chi connectivity index (χ3n) is 1.45. The van der Waals surface area contributed by atoms with Crippen molar-refractivity contribution in [2.24, 2.45) is 5.92 Å². The summed E-state index contributed by atoms with van der Waals surface area (Å²) in [6, 6.07) is 0. The van der Waals surface area contributed by atoms with E-state index in [1.54, 1.807) is 6.26 Å². The van der Waals surface area contributed by atoms with Crippen LogP contribution in [-0.2, 0) is 4.74 Å². The van der Waals surface area contributed by atoms with Gasteiger partial charge < -0.3 is 4.74 Å². The molecule has 10 heavy (non-hydrogen) atoms. The maximum Gasteiger partial charge on any atom is 0.0876 e. The van der Waals surface area contributed by atoms with E-state index in [1.165, 1.54) is 0 Å². The summed E-state index contributed by atoms with van der Waals surface area (Å²) in [5, 5.41) is 0. The van der Waals surface area contributed by atoms with Gasteiger partial charge in [-0.2, -0.15) is 0 Å². The normalized spacial score (nSPS) is 28.9. The molecule has 0 N–H and O–H groups in total. The van der Waals surface area contributed by atoms with Crippen LogP contribution < -0.4 is 0 Å². The average Bonchev–Trinajstić information content (AvgIpc) is 2.41. The van der Waals surface area contributed by atoms with Crippen LogP contribution in [0.3, 0.4) is 0 Å². The molecule has 58 valence electrons. The van der Waals surface area contributed by atoms with Crippen LogP contribution in [-0.4, -0.2) is 9.84 Å². The van der Waals surface area contributed by atoms with Gasteiger partial charge in [0.2, 0.25) is 0 Å².